The van der Waals surface area contributed by atoms with Gasteiger partial charge in [-0.2, -0.15) is 0 Å². The van der Waals surface area contributed by atoms with Crippen LogP contribution in [-0.4, -0.2) is 10.1 Å². The largest absolute Gasteiger partial charge is 0.381 e. The molecule has 0 amide bonds. The van der Waals surface area contributed by atoms with Crippen LogP contribution < -0.4 is 0 Å². The topological polar surface area (TPSA) is 33.1 Å². The number of aryl methyl sites for hydroxylation is 1. The molecule has 0 aliphatic heterocycles. The Kier molecular flexibility index (Phi) is 3.37. The second-order valence-corrected chi connectivity index (χ2v) is 4.84. The van der Waals surface area contributed by atoms with E-state index in [1.807, 2.05) is 13.0 Å². The molecule has 0 spiro atoms. The van der Waals surface area contributed by atoms with Crippen LogP contribution in [0.1, 0.15) is 23.6 Å². The van der Waals surface area contributed by atoms with Crippen LogP contribution >= 0.6 is 11.6 Å². The highest BCUT2D eigenvalue weighted by Gasteiger charge is 2.26. The van der Waals surface area contributed by atoms with E-state index in [0.29, 0.717) is 16.1 Å². The lowest BCUT2D eigenvalue weighted by molar-refractivity contribution is 0.101. The minimum Gasteiger partial charge on any atom is -0.381 e. The molecular formula is C14H13ClFNO. The second-order valence-electron chi connectivity index (χ2n) is 4.43. The van der Waals surface area contributed by atoms with Crippen LogP contribution in [0.25, 0.3) is 0 Å². The third-order valence-corrected chi connectivity index (χ3v) is 3.41. The first-order chi connectivity index (χ1) is 8.41. The number of rotatable bonds is 2. The van der Waals surface area contributed by atoms with Gasteiger partial charge in [0.2, 0.25) is 0 Å². The smallest absolute Gasteiger partial charge is 0.141 e. The molecule has 0 saturated carbocycles. The van der Waals surface area contributed by atoms with Crippen LogP contribution in [0.3, 0.4) is 0 Å². The van der Waals surface area contributed by atoms with E-state index in [1.54, 1.807) is 19.1 Å². The number of halogens is 2. The van der Waals surface area contributed by atoms with Gasteiger partial charge in [0.25, 0.3) is 0 Å². The summed E-state index contributed by atoms with van der Waals surface area (Å²) in [4.78, 5) is 3.75. The normalized spacial score (nSPS) is 14.3. The van der Waals surface area contributed by atoms with Crippen LogP contribution in [0.2, 0.25) is 5.02 Å². The maximum Gasteiger partial charge on any atom is 0.141 e. The number of pyridine rings is 1. The van der Waals surface area contributed by atoms with Crippen LogP contribution in [0, 0.1) is 12.7 Å². The molecule has 0 aliphatic carbocycles. The molecule has 2 nitrogen and oxygen atoms in total. The first kappa shape index (κ1) is 13.0. The molecule has 94 valence electrons. The fraction of sp³-hybridized carbons (Fsp3) is 0.214. The van der Waals surface area contributed by atoms with Crippen LogP contribution in [0.5, 0.6) is 0 Å². The number of aliphatic hydroxyl groups is 1. The van der Waals surface area contributed by atoms with Crippen molar-refractivity contribution in [2.45, 2.75) is 19.4 Å². The van der Waals surface area contributed by atoms with Gasteiger partial charge in [0.1, 0.15) is 11.4 Å². The van der Waals surface area contributed by atoms with E-state index in [9.17, 15) is 9.50 Å². The molecule has 0 fully saturated rings. The minimum atomic E-state index is -1.33. The predicted molar refractivity (Wildman–Crippen MR) is 69.1 cm³/mol. The molecule has 0 bridgehead atoms. The van der Waals surface area contributed by atoms with Crippen molar-refractivity contribution in [1.82, 2.24) is 4.98 Å². The van der Waals surface area contributed by atoms with Crippen LogP contribution in [-0.2, 0) is 5.60 Å². The minimum absolute atomic E-state index is 0.391. The summed E-state index contributed by atoms with van der Waals surface area (Å²) < 4.78 is 13.2. The SMILES string of the molecule is Cc1ccc(C(C)(O)c2cncc(F)c2)cc1Cl. The lowest BCUT2D eigenvalue weighted by atomic mass is 9.89. The Bertz CT molecular complexity index is 584. The third kappa shape index (κ3) is 2.37. The number of nitrogens with zero attached hydrogens (tertiary/aromatic N) is 1. The van der Waals surface area contributed by atoms with Gasteiger partial charge in [-0.1, -0.05) is 23.7 Å². The van der Waals surface area contributed by atoms with Gasteiger partial charge in [-0.15, -0.1) is 0 Å². The fourth-order valence-electron chi connectivity index (χ4n) is 1.74. The van der Waals surface area contributed by atoms with E-state index in [-0.39, 0.29) is 0 Å². The van der Waals surface area contributed by atoms with E-state index in [1.165, 1.54) is 12.3 Å². The molecule has 0 radical (unpaired) electrons. The highest BCUT2D eigenvalue weighted by Crippen LogP contribution is 2.31. The fourth-order valence-corrected chi connectivity index (χ4v) is 1.92. The monoisotopic (exact) mass is 265 g/mol. The van der Waals surface area contributed by atoms with Crippen molar-refractivity contribution in [3.63, 3.8) is 0 Å². The van der Waals surface area contributed by atoms with E-state index in [0.717, 1.165) is 11.8 Å². The van der Waals surface area contributed by atoms with Crippen molar-refractivity contribution < 1.29 is 9.50 Å². The first-order valence-electron chi connectivity index (χ1n) is 5.51. The maximum atomic E-state index is 13.2. The zero-order valence-corrected chi connectivity index (χ0v) is 10.9. The average molecular weight is 266 g/mol. The van der Waals surface area contributed by atoms with Crippen molar-refractivity contribution in [2.24, 2.45) is 0 Å². The van der Waals surface area contributed by atoms with Gasteiger partial charge < -0.3 is 5.11 Å². The van der Waals surface area contributed by atoms with Crippen molar-refractivity contribution in [2.75, 3.05) is 0 Å². The second kappa shape index (κ2) is 4.67. The van der Waals surface area contributed by atoms with Gasteiger partial charge in [0.15, 0.2) is 0 Å². The maximum absolute atomic E-state index is 13.2. The van der Waals surface area contributed by atoms with E-state index >= 15 is 0 Å². The highest BCUT2D eigenvalue weighted by atomic mass is 35.5. The molecule has 0 saturated heterocycles. The van der Waals surface area contributed by atoms with Crippen molar-refractivity contribution in [3.8, 4) is 0 Å². The highest BCUT2D eigenvalue weighted by molar-refractivity contribution is 6.31. The van der Waals surface area contributed by atoms with Crippen LogP contribution in [0.4, 0.5) is 4.39 Å². The quantitative estimate of drug-likeness (QED) is 0.902. The Morgan fingerprint density at radius 1 is 1.22 bits per heavy atom. The Morgan fingerprint density at radius 2 is 1.94 bits per heavy atom. The third-order valence-electron chi connectivity index (χ3n) is 3.00. The summed E-state index contributed by atoms with van der Waals surface area (Å²) in [5, 5.41) is 11.1. The molecule has 1 heterocycles. The number of benzene rings is 1. The molecule has 1 aromatic heterocycles. The Morgan fingerprint density at radius 3 is 2.56 bits per heavy atom. The van der Waals surface area contributed by atoms with E-state index < -0.39 is 11.4 Å². The molecule has 0 aliphatic rings. The Hall–Kier alpha value is -1.45. The molecule has 1 N–H and O–H groups in total. The molecule has 1 aromatic carbocycles. The van der Waals surface area contributed by atoms with Gasteiger partial charge in [-0.05, 0) is 37.1 Å². The first-order valence-corrected chi connectivity index (χ1v) is 5.89. The molecule has 18 heavy (non-hydrogen) atoms. The number of aromatic nitrogens is 1. The number of hydrogen-bond acceptors (Lipinski definition) is 2. The molecule has 1 unspecified atom stereocenters. The summed E-state index contributed by atoms with van der Waals surface area (Å²) in [6.45, 7) is 3.47. The van der Waals surface area contributed by atoms with Gasteiger partial charge in [0, 0.05) is 16.8 Å². The summed E-state index contributed by atoms with van der Waals surface area (Å²) in [6, 6.07) is 6.54. The summed E-state index contributed by atoms with van der Waals surface area (Å²) in [5.74, 6) is -0.481. The van der Waals surface area contributed by atoms with Gasteiger partial charge in [-0.3, -0.25) is 4.98 Å². The van der Waals surface area contributed by atoms with Crippen molar-refractivity contribution >= 4 is 11.6 Å². The standard InChI is InChI=1S/C14H13ClFNO/c1-9-3-4-10(6-13(9)15)14(2,18)11-5-12(16)8-17-7-11/h3-8,18H,1-2H3. The molecular weight excluding hydrogens is 253 g/mol. The summed E-state index contributed by atoms with van der Waals surface area (Å²) in [6.07, 6.45) is 2.54. The number of hydrogen-bond donors (Lipinski definition) is 1. The van der Waals surface area contributed by atoms with E-state index in [2.05, 4.69) is 4.98 Å². The average Bonchev–Trinajstić information content (AvgIpc) is 2.32. The van der Waals surface area contributed by atoms with Crippen LogP contribution in [0.15, 0.2) is 36.7 Å². The van der Waals surface area contributed by atoms with Crippen molar-refractivity contribution in [3.05, 3.63) is 64.2 Å². The van der Waals surface area contributed by atoms with Gasteiger partial charge in [-0.25, -0.2) is 4.39 Å². The summed E-state index contributed by atoms with van der Waals surface area (Å²) in [7, 11) is 0. The molecule has 4 heteroatoms. The lowest BCUT2D eigenvalue weighted by Crippen LogP contribution is -2.23. The molecule has 2 aromatic rings. The summed E-state index contributed by atoms with van der Waals surface area (Å²) in [5.41, 5.74) is 0.591. The predicted octanol–water partition coefficient (Wildman–Crippen LogP) is 3.44. The lowest BCUT2D eigenvalue weighted by Gasteiger charge is -2.24. The zero-order valence-electron chi connectivity index (χ0n) is 10.1. The van der Waals surface area contributed by atoms with Gasteiger partial charge >= 0.3 is 0 Å². The van der Waals surface area contributed by atoms with Gasteiger partial charge in [0.05, 0.1) is 6.20 Å². The molecule has 2 rings (SSSR count). The Balaban J connectivity index is 2.50. The zero-order chi connectivity index (χ0) is 13.3. The van der Waals surface area contributed by atoms with E-state index in [4.69, 9.17) is 11.6 Å². The molecule has 1 atom stereocenters. The van der Waals surface area contributed by atoms with Crippen molar-refractivity contribution in [1.29, 1.82) is 0 Å². The summed E-state index contributed by atoms with van der Waals surface area (Å²) >= 11 is 6.04. The Labute approximate surface area is 110 Å².